The van der Waals surface area contributed by atoms with Crippen molar-refractivity contribution in [3.8, 4) is 10.7 Å². The number of aromatic nitrogens is 2. The van der Waals surface area contributed by atoms with E-state index in [2.05, 4.69) is 9.97 Å². The van der Waals surface area contributed by atoms with E-state index < -0.39 is 16.0 Å². The Morgan fingerprint density at radius 3 is 2.74 bits per heavy atom. The molecular weight excluding hydrogens is 406 g/mol. The van der Waals surface area contributed by atoms with Crippen LogP contribution in [-0.2, 0) is 10.0 Å². The third kappa shape index (κ3) is 3.01. The fourth-order valence-corrected chi connectivity index (χ4v) is 5.78. The summed E-state index contributed by atoms with van der Waals surface area (Å²) in [5.74, 6) is -1.03. The Hall–Kier alpha value is -2.69. The van der Waals surface area contributed by atoms with Crippen molar-refractivity contribution in [2.24, 2.45) is 0 Å². The first-order valence-electron chi connectivity index (χ1n) is 7.71. The number of aromatic amines is 1. The third-order valence-electron chi connectivity index (χ3n) is 4.03. The maximum absolute atomic E-state index is 12.8. The molecular formula is C17H13N3O4S3. The van der Waals surface area contributed by atoms with Crippen molar-refractivity contribution in [2.45, 2.75) is 4.21 Å². The van der Waals surface area contributed by atoms with Crippen molar-refractivity contribution in [1.29, 1.82) is 0 Å². The van der Waals surface area contributed by atoms with Gasteiger partial charge in [-0.3, -0.25) is 4.31 Å². The van der Waals surface area contributed by atoms with Gasteiger partial charge in [0.15, 0.2) is 0 Å². The Kier molecular flexibility index (Phi) is 4.25. The first-order chi connectivity index (χ1) is 12.9. The standard InChI is InChI=1S/C17H13N3O4S3/c1-20(27(23,24)14-6-3-7-25-14)12-5-2-4-10-8-11(19-15(10)12)16-18-9-13(26-16)17(21)22/h2-9,19H,1H3,(H,21,22). The van der Waals surface area contributed by atoms with Gasteiger partial charge in [-0.05, 0) is 23.6 Å². The summed E-state index contributed by atoms with van der Waals surface area (Å²) in [5.41, 5.74) is 1.78. The minimum Gasteiger partial charge on any atom is -0.477 e. The fourth-order valence-electron chi connectivity index (χ4n) is 2.69. The Morgan fingerprint density at radius 2 is 2.07 bits per heavy atom. The van der Waals surface area contributed by atoms with Gasteiger partial charge in [0, 0.05) is 12.4 Å². The van der Waals surface area contributed by atoms with Crippen molar-refractivity contribution < 1.29 is 18.3 Å². The number of aromatic carboxylic acids is 1. The first kappa shape index (κ1) is 17.7. The first-order valence-corrected chi connectivity index (χ1v) is 10.9. The molecule has 0 spiro atoms. The van der Waals surface area contributed by atoms with Crippen LogP contribution in [-0.4, -0.2) is 36.5 Å². The molecule has 138 valence electrons. The number of hydrogen-bond donors (Lipinski definition) is 2. The Balaban J connectivity index is 1.80. The van der Waals surface area contributed by atoms with E-state index in [4.69, 9.17) is 5.11 Å². The normalized spacial score (nSPS) is 11.7. The molecule has 0 fully saturated rings. The SMILES string of the molecule is CN(c1cccc2cc(-c3ncc(C(=O)O)s3)[nH]c12)S(=O)(=O)c1cccs1. The Bertz CT molecular complexity index is 1240. The van der Waals surface area contributed by atoms with Crippen molar-refractivity contribution in [3.05, 3.63) is 52.9 Å². The molecule has 0 aliphatic heterocycles. The summed E-state index contributed by atoms with van der Waals surface area (Å²) in [6, 6.07) is 10.4. The number of nitrogens with one attached hydrogen (secondary N) is 1. The second kappa shape index (κ2) is 6.48. The molecule has 0 aliphatic carbocycles. The molecule has 0 saturated carbocycles. The van der Waals surface area contributed by atoms with Crippen LogP contribution >= 0.6 is 22.7 Å². The fraction of sp³-hybridized carbons (Fsp3) is 0.0588. The van der Waals surface area contributed by atoms with Crippen LogP contribution in [0.5, 0.6) is 0 Å². The molecule has 10 heteroatoms. The summed E-state index contributed by atoms with van der Waals surface area (Å²) in [4.78, 5) is 18.5. The van der Waals surface area contributed by atoms with Crippen LogP contribution in [0.4, 0.5) is 5.69 Å². The Morgan fingerprint density at radius 1 is 1.26 bits per heavy atom. The summed E-state index contributed by atoms with van der Waals surface area (Å²) in [6.45, 7) is 0. The molecule has 27 heavy (non-hydrogen) atoms. The number of para-hydroxylation sites is 1. The monoisotopic (exact) mass is 419 g/mol. The number of nitrogens with zero attached hydrogens (tertiary/aromatic N) is 2. The number of rotatable bonds is 5. The van der Waals surface area contributed by atoms with Gasteiger partial charge in [0.2, 0.25) is 0 Å². The number of hydrogen-bond acceptors (Lipinski definition) is 6. The number of thiazole rings is 1. The lowest BCUT2D eigenvalue weighted by atomic mass is 10.2. The lowest BCUT2D eigenvalue weighted by molar-refractivity contribution is 0.0702. The molecule has 3 aromatic heterocycles. The van der Waals surface area contributed by atoms with Gasteiger partial charge < -0.3 is 10.1 Å². The largest absolute Gasteiger partial charge is 0.477 e. The average Bonchev–Trinajstić information content (AvgIpc) is 3.40. The lowest BCUT2D eigenvalue weighted by Crippen LogP contribution is -2.26. The molecule has 4 aromatic rings. The van der Waals surface area contributed by atoms with Gasteiger partial charge in [-0.25, -0.2) is 18.2 Å². The molecule has 0 atom stereocenters. The minimum atomic E-state index is -3.66. The number of H-pyrrole nitrogens is 1. The third-order valence-corrected chi connectivity index (χ3v) is 8.19. The average molecular weight is 420 g/mol. The van der Waals surface area contributed by atoms with Crippen molar-refractivity contribution in [3.63, 3.8) is 0 Å². The van der Waals surface area contributed by atoms with E-state index in [1.165, 1.54) is 17.5 Å². The number of thiophene rings is 1. The van der Waals surface area contributed by atoms with E-state index in [0.29, 0.717) is 21.9 Å². The predicted molar refractivity (Wildman–Crippen MR) is 106 cm³/mol. The maximum Gasteiger partial charge on any atom is 0.347 e. The van der Waals surface area contributed by atoms with Crippen LogP contribution in [0.15, 0.2) is 52.2 Å². The topological polar surface area (TPSA) is 103 Å². The quantitative estimate of drug-likeness (QED) is 0.511. The van der Waals surface area contributed by atoms with Gasteiger partial charge >= 0.3 is 5.97 Å². The lowest BCUT2D eigenvalue weighted by Gasteiger charge is -2.19. The number of sulfonamides is 1. The molecule has 7 nitrogen and oxygen atoms in total. The van der Waals surface area contributed by atoms with Gasteiger partial charge in [0.1, 0.15) is 14.1 Å². The zero-order chi connectivity index (χ0) is 19.2. The molecule has 1 aromatic carbocycles. The molecule has 4 rings (SSSR count). The van der Waals surface area contributed by atoms with Crippen molar-refractivity contribution in [1.82, 2.24) is 9.97 Å². The van der Waals surface area contributed by atoms with E-state index in [1.54, 1.807) is 29.6 Å². The summed E-state index contributed by atoms with van der Waals surface area (Å²) in [5, 5.41) is 12.1. The number of carboxylic acid groups (broad SMARTS) is 1. The Labute approximate surface area is 162 Å². The van der Waals surface area contributed by atoms with Crippen LogP contribution in [0.25, 0.3) is 21.6 Å². The van der Waals surface area contributed by atoms with Gasteiger partial charge in [0.25, 0.3) is 10.0 Å². The van der Waals surface area contributed by atoms with Gasteiger partial charge in [-0.15, -0.1) is 22.7 Å². The van der Waals surface area contributed by atoms with E-state index in [1.807, 2.05) is 12.1 Å². The number of benzene rings is 1. The second-order valence-corrected chi connectivity index (χ2v) is 9.84. The van der Waals surface area contributed by atoms with Crippen molar-refractivity contribution in [2.75, 3.05) is 11.4 Å². The highest BCUT2D eigenvalue weighted by molar-refractivity contribution is 7.94. The van der Waals surface area contributed by atoms with Crippen LogP contribution in [0, 0.1) is 0 Å². The highest BCUT2D eigenvalue weighted by atomic mass is 32.2. The molecule has 0 bridgehead atoms. The van der Waals surface area contributed by atoms with Crippen LogP contribution in [0.1, 0.15) is 9.67 Å². The van der Waals surface area contributed by atoms with Gasteiger partial charge in [-0.1, -0.05) is 18.2 Å². The summed E-state index contributed by atoms with van der Waals surface area (Å²) < 4.78 is 27.2. The molecule has 0 aliphatic rings. The number of carbonyl (C=O) groups is 1. The highest BCUT2D eigenvalue weighted by Gasteiger charge is 2.24. The summed E-state index contributed by atoms with van der Waals surface area (Å²) >= 11 is 2.22. The maximum atomic E-state index is 12.8. The molecule has 0 saturated heterocycles. The van der Waals surface area contributed by atoms with E-state index in [-0.39, 0.29) is 9.09 Å². The predicted octanol–water partition coefficient (Wildman–Crippen LogP) is 3.88. The molecule has 0 amide bonds. The van der Waals surface area contributed by atoms with Gasteiger partial charge in [0.05, 0.1) is 23.1 Å². The second-order valence-electron chi connectivity index (χ2n) is 5.66. The van der Waals surface area contributed by atoms with Crippen LogP contribution in [0.2, 0.25) is 0 Å². The van der Waals surface area contributed by atoms with E-state index >= 15 is 0 Å². The smallest absolute Gasteiger partial charge is 0.347 e. The zero-order valence-corrected chi connectivity index (χ0v) is 16.4. The molecule has 0 radical (unpaired) electrons. The van der Waals surface area contributed by atoms with Crippen molar-refractivity contribution >= 4 is 55.3 Å². The van der Waals surface area contributed by atoms with E-state index in [9.17, 15) is 13.2 Å². The summed E-state index contributed by atoms with van der Waals surface area (Å²) in [7, 11) is -2.15. The minimum absolute atomic E-state index is 0.140. The van der Waals surface area contributed by atoms with Crippen LogP contribution in [0.3, 0.4) is 0 Å². The van der Waals surface area contributed by atoms with Crippen LogP contribution < -0.4 is 4.31 Å². The van der Waals surface area contributed by atoms with Gasteiger partial charge in [-0.2, -0.15) is 0 Å². The zero-order valence-electron chi connectivity index (χ0n) is 13.9. The molecule has 0 unspecified atom stereocenters. The number of carboxylic acids is 1. The van der Waals surface area contributed by atoms with E-state index in [0.717, 1.165) is 28.1 Å². The molecule has 3 heterocycles. The number of anilines is 1. The summed E-state index contributed by atoms with van der Waals surface area (Å²) in [6.07, 6.45) is 1.31. The highest BCUT2D eigenvalue weighted by Crippen LogP contribution is 2.34. The number of fused-ring (bicyclic) bond motifs is 1. The molecule has 2 N–H and O–H groups in total.